The minimum absolute atomic E-state index is 0.203. The van der Waals surface area contributed by atoms with E-state index >= 15 is 0 Å². The summed E-state index contributed by atoms with van der Waals surface area (Å²) in [7, 11) is 0. The van der Waals surface area contributed by atoms with Crippen LogP contribution in [0.2, 0.25) is 0 Å². The van der Waals surface area contributed by atoms with Gasteiger partial charge >= 0.3 is 0 Å². The van der Waals surface area contributed by atoms with Gasteiger partial charge in [-0.1, -0.05) is 54.4 Å². The minimum atomic E-state index is 0.203. The van der Waals surface area contributed by atoms with Crippen LogP contribution in [-0.2, 0) is 0 Å². The van der Waals surface area contributed by atoms with Gasteiger partial charge < -0.3 is 5.73 Å². The minimum Gasteiger partial charge on any atom is -0.326 e. The monoisotopic (exact) mass is 338 g/mol. The molecule has 0 radical (unpaired) electrons. The van der Waals surface area contributed by atoms with Crippen LogP contribution >= 0.6 is 15.9 Å². The first-order valence-corrected chi connectivity index (χ1v) is 8.70. The molecule has 1 saturated heterocycles. The summed E-state index contributed by atoms with van der Waals surface area (Å²) in [6.07, 6.45) is 4.98. The number of likely N-dealkylation sites (tertiary alicyclic amines) is 1. The third-order valence-corrected chi connectivity index (χ3v) is 5.23. The van der Waals surface area contributed by atoms with Crippen LogP contribution in [0.15, 0.2) is 28.7 Å². The zero-order chi connectivity index (χ0) is 14.5. The maximum Gasteiger partial charge on any atom is 0.0510 e. The van der Waals surface area contributed by atoms with Crippen molar-refractivity contribution in [3.8, 4) is 0 Å². The summed E-state index contributed by atoms with van der Waals surface area (Å²) in [5, 5.41) is 0. The van der Waals surface area contributed by atoms with E-state index in [1.54, 1.807) is 0 Å². The number of hydrogen-bond acceptors (Lipinski definition) is 2. The Morgan fingerprint density at radius 2 is 2.10 bits per heavy atom. The van der Waals surface area contributed by atoms with Crippen molar-refractivity contribution in [3.05, 3.63) is 34.3 Å². The number of rotatable bonds is 6. The Hall–Kier alpha value is -0.380. The second-order valence-electron chi connectivity index (χ2n) is 5.98. The lowest BCUT2D eigenvalue weighted by Crippen LogP contribution is -2.40. The lowest BCUT2D eigenvalue weighted by molar-refractivity contribution is 0.200. The van der Waals surface area contributed by atoms with Gasteiger partial charge in [-0.15, -0.1) is 0 Å². The summed E-state index contributed by atoms with van der Waals surface area (Å²) in [6, 6.07) is 9.09. The molecule has 1 heterocycles. The first kappa shape index (κ1) is 16.0. The van der Waals surface area contributed by atoms with Gasteiger partial charge in [0.1, 0.15) is 0 Å². The van der Waals surface area contributed by atoms with Crippen molar-refractivity contribution in [2.45, 2.75) is 51.6 Å². The fourth-order valence-electron chi connectivity index (χ4n) is 3.40. The molecule has 3 heteroatoms. The molecule has 1 fully saturated rings. The molecule has 20 heavy (non-hydrogen) atoms. The van der Waals surface area contributed by atoms with Crippen LogP contribution in [0.5, 0.6) is 0 Å². The van der Waals surface area contributed by atoms with E-state index in [1.807, 2.05) is 0 Å². The Morgan fingerprint density at radius 3 is 2.75 bits per heavy atom. The van der Waals surface area contributed by atoms with E-state index in [1.165, 1.54) is 42.4 Å². The molecule has 2 N–H and O–H groups in total. The molecular formula is C17H27BrN2. The Labute approximate surface area is 131 Å². The van der Waals surface area contributed by atoms with Gasteiger partial charge in [0.15, 0.2) is 0 Å². The summed E-state index contributed by atoms with van der Waals surface area (Å²) in [5.41, 5.74) is 7.80. The van der Waals surface area contributed by atoms with E-state index < -0.39 is 0 Å². The molecule has 3 atom stereocenters. The third-order valence-electron chi connectivity index (χ3n) is 4.51. The molecule has 1 aromatic carbocycles. The van der Waals surface area contributed by atoms with Crippen molar-refractivity contribution in [2.75, 3.05) is 13.1 Å². The van der Waals surface area contributed by atoms with Crippen LogP contribution in [0, 0.1) is 5.92 Å². The molecule has 2 rings (SSSR count). The number of nitrogens with two attached hydrogens (primary N) is 1. The van der Waals surface area contributed by atoms with Crippen molar-refractivity contribution in [3.63, 3.8) is 0 Å². The van der Waals surface area contributed by atoms with Gasteiger partial charge in [0.05, 0.1) is 6.04 Å². The lowest BCUT2D eigenvalue weighted by Gasteiger charge is -2.33. The number of nitrogens with zero attached hydrogens (tertiary/aromatic N) is 1. The Balaban J connectivity index is 2.19. The predicted molar refractivity (Wildman–Crippen MR) is 89.7 cm³/mol. The molecule has 112 valence electrons. The van der Waals surface area contributed by atoms with Gasteiger partial charge in [-0.25, -0.2) is 0 Å². The van der Waals surface area contributed by atoms with E-state index in [9.17, 15) is 0 Å². The average molecular weight is 339 g/mol. The topological polar surface area (TPSA) is 29.3 Å². The highest BCUT2D eigenvalue weighted by atomic mass is 79.9. The first-order valence-electron chi connectivity index (χ1n) is 7.91. The van der Waals surface area contributed by atoms with Crippen molar-refractivity contribution in [1.82, 2.24) is 4.90 Å². The van der Waals surface area contributed by atoms with Gasteiger partial charge in [-0.3, -0.25) is 4.90 Å². The SMILES string of the molecule is CCCC1CCN(C(c2ccccc2Br)C(N)CC)C1. The quantitative estimate of drug-likeness (QED) is 0.835. The molecule has 0 bridgehead atoms. The summed E-state index contributed by atoms with van der Waals surface area (Å²) < 4.78 is 1.19. The van der Waals surface area contributed by atoms with E-state index in [-0.39, 0.29) is 6.04 Å². The Kier molecular flexibility index (Phi) is 6.06. The summed E-state index contributed by atoms with van der Waals surface area (Å²) in [5.74, 6) is 0.856. The van der Waals surface area contributed by atoms with Crippen molar-refractivity contribution in [2.24, 2.45) is 11.7 Å². The number of benzene rings is 1. The van der Waals surface area contributed by atoms with Crippen LogP contribution in [0.25, 0.3) is 0 Å². The van der Waals surface area contributed by atoms with Crippen LogP contribution in [-0.4, -0.2) is 24.0 Å². The fourth-order valence-corrected chi connectivity index (χ4v) is 3.91. The number of hydrogen-bond donors (Lipinski definition) is 1. The maximum absolute atomic E-state index is 6.45. The number of halogens is 1. The first-order chi connectivity index (χ1) is 9.67. The highest BCUT2D eigenvalue weighted by Crippen LogP contribution is 2.35. The molecule has 2 nitrogen and oxygen atoms in total. The highest BCUT2D eigenvalue weighted by Gasteiger charge is 2.32. The second-order valence-corrected chi connectivity index (χ2v) is 6.83. The molecule has 0 aromatic heterocycles. The molecule has 3 unspecified atom stereocenters. The summed E-state index contributed by atoms with van der Waals surface area (Å²) in [4.78, 5) is 2.61. The molecule has 1 aliphatic rings. The van der Waals surface area contributed by atoms with Crippen LogP contribution in [0.3, 0.4) is 0 Å². The van der Waals surface area contributed by atoms with Gasteiger partial charge in [-0.05, 0) is 43.4 Å². The van der Waals surface area contributed by atoms with Crippen molar-refractivity contribution >= 4 is 15.9 Å². The molecule has 0 saturated carbocycles. The van der Waals surface area contributed by atoms with E-state index in [0.29, 0.717) is 6.04 Å². The van der Waals surface area contributed by atoms with Crippen LogP contribution in [0.4, 0.5) is 0 Å². The van der Waals surface area contributed by atoms with Gasteiger partial charge in [0, 0.05) is 17.1 Å². The fraction of sp³-hybridized carbons (Fsp3) is 0.647. The van der Waals surface area contributed by atoms with E-state index in [2.05, 4.69) is 58.9 Å². The highest BCUT2D eigenvalue weighted by molar-refractivity contribution is 9.10. The van der Waals surface area contributed by atoms with Gasteiger partial charge in [-0.2, -0.15) is 0 Å². The van der Waals surface area contributed by atoms with E-state index in [4.69, 9.17) is 5.73 Å². The molecule has 0 aliphatic carbocycles. The van der Waals surface area contributed by atoms with Crippen LogP contribution in [0.1, 0.15) is 51.1 Å². The summed E-state index contributed by atoms with van der Waals surface area (Å²) >= 11 is 3.71. The molecule has 1 aliphatic heterocycles. The Bertz CT molecular complexity index is 421. The average Bonchev–Trinajstić information content (AvgIpc) is 2.90. The Morgan fingerprint density at radius 1 is 1.35 bits per heavy atom. The largest absolute Gasteiger partial charge is 0.326 e. The van der Waals surface area contributed by atoms with Crippen molar-refractivity contribution < 1.29 is 0 Å². The smallest absolute Gasteiger partial charge is 0.0510 e. The normalized spacial score (nSPS) is 22.9. The van der Waals surface area contributed by atoms with Crippen molar-refractivity contribution in [1.29, 1.82) is 0 Å². The third kappa shape index (κ3) is 3.63. The zero-order valence-corrected chi connectivity index (χ0v) is 14.3. The second kappa shape index (κ2) is 7.58. The van der Waals surface area contributed by atoms with Gasteiger partial charge in [0.25, 0.3) is 0 Å². The maximum atomic E-state index is 6.45. The molecule has 0 amide bonds. The molecular weight excluding hydrogens is 312 g/mol. The zero-order valence-electron chi connectivity index (χ0n) is 12.7. The standard InChI is InChI=1S/C17H27BrN2/c1-3-7-13-10-11-20(12-13)17(16(19)4-2)14-8-5-6-9-15(14)18/h5-6,8-9,13,16-17H,3-4,7,10-12,19H2,1-2H3. The lowest BCUT2D eigenvalue weighted by atomic mass is 9.96. The predicted octanol–water partition coefficient (Wildman–Crippen LogP) is 4.35. The van der Waals surface area contributed by atoms with Crippen LogP contribution < -0.4 is 5.73 Å². The molecule has 1 aromatic rings. The molecule has 0 spiro atoms. The van der Waals surface area contributed by atoms with E-state index in [0.717, 1.165) is 12.3 Å². The van der Waals surface area contributed by atoms with Gasteiger partial charge in [0.2, 0.25) is 0 Å². The summed E-state index contributed by atoms with van der Waals surface area (Å²) in [6.45, 7) is 6.86.